The molecule has 2 N–H and O–H groups in total. The quantitative estimate of drug-likeness (QED) is 0.817. The van der Waals surface area contributed by atoms with Crippen molar-refractivity contribution in [2.45, 2.75) is 38.3 Å². The van der Waals surface area contributed by atoms with E-state index in [-0.39, 0.29) is 11.6 Å². The number of thiazole rings is 1. The van der Waals surface area contributed by atoms with Gasteiger partial charge in [0.05, 0.1) is 0 Å². The number of ether oxygens (including phenoxy) is 1. The van der Waals surface area contributed by atoms with E-state index in [1.165, 1.54) is 0 Å². The van der Waals surface area contributed by atoms with Crippen molar-refractivity contribution in [1.82, 2.24) is 4.98 Å². The van der Waals surface area contributed by atoms with E-state index in [1.54, 1.807) is 11.3 Å². The summed E-state index contributed by atoms with van der Waals surface area (Å²) in [5, 5.41) is 1.07. The number of aromatic nitrogens is 1. The van der Waals surface area contributed by atoms with E-state index in [4.69, 9.17) is 10.5 Å². The Morgan fingerprint density at radius 2 is 2.50 bits per heavy atom. The van der Waals surface area contributed by atoms with Crippen molar-refractivity contribution in [3.8, 4) is 0 Å². The van der Waals surface area contributed by atoms with Crippen LogP contribution in [0.2, 0.25) is 0 Å². The smallest absolute Gasteiger partial charge is 0.125 e. The van der Waals surface area contributed by atoms with E-state index < -0.39 is 0 Å². The fourth-order valence-electron chi connectivity index (χ4n) is 1.69. The second-order valence-electron chi connectivity index (χ2n) is 4.04. The summed E-state index contributed by atoms with van der Waals surface area (Å²) in [5.41, 5.74) is 5.64. The molecule has 2 heterocycles. The van der Waals surface area contributed by atoms with Gasteiger partial charge in [-0.1, -0.05) is 0 Å². The Morgan fingerprint density at radius 3 is 3.00 bits per heavy atom. The normalized spacial score (nSPS) is 29.4. The summed E-state index contributed by atoms with van der Waals surface area (Å²) in [6.07, 6.45) is 4.07. The Kier molecular flexibility index (Phi) is 2.60. The summed E-state index contributed by atoms with van der Waals surface area (Å²) in [6, 6.07) is 0.0752. The molecule has 2 atom stereocenters. The van der Waals surface area contributed by atoms with Crippen molar-refractivity contribution in [2.24, 2.45) is 5.73 Å². The molecule has 1 fully saturated rings. The Hall–Kier alpha value is -0.450. The molecule has 14 heavy (non-hydrogen) atoms. The zero-order valence-corrected chi connectivity index (χ0v) is 9.43. The Morgan fingerprint density at radius 1 is 1.71 bits per heavy atom. The van der Waals surface area contributed by atoms with Gasteiger partial charge in [-0.25, -0.2) is 4.98 Å². The fraction of sp³-hybridized carbons (Fsp3) is 0.700. The van der Waals surface area contributed by atoms with Crippen LogP contribution in [0.1, 0.15) is 42.6 Å². The minimum atomic E-state index is -0.155. The summed E-state index contributed by atoms with van der Waals surface area (Å²) in [5.74, 6) is 0. The largest absolute Gasteiger partial charge is 0.368 e. The van der Waals surface area contributed by atoms with E-state index >= 15 is 0 Å². The van der Waals surface area contributed by atoms with Gasteiger partial charge in [-0.3, -0.25) is 0 Å². The number of rotatable bonds is 2. The molecule has 0 aromatic carbocycles. The Balaban J connectivity index is 2.23. The monoisotopic (exact) mass is 212 g/mol. The summed E-state index contributed by atoms with van der Waals surface area (Å²) in [7, 11) is 0. The van der Waals surface area contributed by atoms with E-state index in [1.807, 2.05) is 13.1 Å². The third-order valence-electron chi connectivity index (χ3n) is 2.64. The molecular weight excluding hydrogens is 196 g/mol. The van der Waals surface area contributed by atoms with E-state index in [0.717, 1.165) is 29.3 Å². The molecule has 78 valence electrons. The van der Waals surface area contributed by atoms with Crippen LogP contribution in [0.15, 0.2) is 6.20 Å². The van der Waals surface area contributed by atoms with Gasteiger partial charge in [-0.05, 0) is 26.7 Å². The number of hydrogen-bond acceptors (Lipinski definition) is 4. The number of nitrogens with zero attached hydrogens (tertiary/aromatic N) is 1. The molecule has 0 bridgehead atoms. The predicted octanol–water partition coefficient (Wildman–Crippen LogP) is 2.19. The zero-order valence-electron chi connectivity index (χ0n) is 8.62. The van der Waals surface area contributed by atoms with E-state index in [2.05, 4.69) is 11.9 Å². The lowest BCUT2D eigenvalue weighted by molar-refractivity contribution is 0.0166. The van der Waals surface area contributed by atoms with Crippen LogP contribution in [0.3, 0.4) is 0 Å². The number of nitrogens with two attached hydrogens (primary N) is 1. The predicted molar refractivity (Wildman–Crippen MR) is 57.3 cm³/mol. The molecule has 0 radical (unpaired) electrons. The van der Waals surface area contributed by atoms with Gasteiger partial charge < -0.3 is 10.5 Å². The first-order valence-corrected chi connectivity index (χ1v) is 5.79. The molecule has 2 rings (SSSR count). The lowest BCUT2D eigenvalue weighted by atomic mass is 10.0. The first-order valence-electron chi connectivity index (χ1n) is 4.97. The van der Waals surface area contributed by atoms with Crippen molar-refractivity contribution in [3.63, 3.8) is 0 Å². The highest BCUT2D eigenvalue weighted by Crippen LogP contribution is 2.38. The third kappa shape index (κ3) is 1.69. The molecule has 0 saturated carbocycles. The average molecular weight is 212 g/mol. The average Bonchev–Trinajstić information content (AvgIpc) is 2.71. The number of hydrogen-bond donors (Lipinski definition) is 1. The Labute approximate surface area is 88.3 Å². The van der Waals surface area contributed by atoms with Gasteiger partial charge >= 0.3 is 0 Å². The van der Waals surface area contributed by atoms with Crippen molar-refractivity contribution in [1.29, 1.82) is 0 Å². The SMILES string of the molecule is CC(N)c1cnc(C2(C)CCCO2)s1. The molecule has 1 aliphatic heterocycles. The highest BCUT2D eigenvalue weighted by Gasteiger charge is 2.34. The molecule has 1 aromatic heterocycles. The van der Waals surface area contributed by atoms with Crippen LogP contribution in [0, 0.1) is 0 Å². The van der Waals surface area contributed by atoms with Crippen LogP contribution in [0.25, 0.3) is 0 Å². The van der Waals surface area contributed by atoms with Crippen LogP contribution in [-0.2, 0) is 10.3 Å². The molecule has 3 nitrogen and oxygen atoms in total. The van der Waals surface area contributed by atoms with Gasteiger partial charge in [0.25, 0.3) is 0 Å². The first kappa shape index (κ1) is 10.1. The van der Waals surface area contributed by atoms with Crippen molar-refractivity contribution in [2.75, 3.05) is 6.61 Å². The molecule has 2 unspecified atom stereocenters. The second kappa shape index (κ2) is 3.61. The van der Waals surface area contributed by atoms with Gasteiger partial charge in [0, 0.05) is 23.7 Å². The van der Waals surface area contributed by atoms with Gasteiger partial charge in [0.1, 0.15) is 10.6 Å². The van der Waals surface area contributed by atoms with Crippen LogP contribution in [0.4, 0.5) is 0 Å². The van der Waals surface area contributed by atoms with Crippen molar-refractivity contribution in [3.05, 3.63) is 16.1 Å². The van der Waals surface area contributed by atoms with Crippen LogP contribution >= 0.6 is 11.3 Å². The molecule has 1 aromatic rings. The third-order valence-corrected chi connectivity index (χ3v) is 4.09. The second-order valence-corrected chi connectivity index (χ2v) is 5.10. The molecule has 1 saturated heterocycles. The summed E-state index contributed by atoms with van der Waals surface area (Å²) in [4.78, 5) is 5.54. The molecule has 0 amide bonds. The maximum absolute atomic E-state index is 5.80. The van der Waals surface area contributed by atoms with Crippen LogP contribution in [-0.4, -0.2) is 11.6 Å². The standard InChI is InChI=1S/C10H16N2OS/c1-7(11)8-6-12-9(14-8)10(2)4-3-5-13-10/h6-7H,3-5,11H2,1-2H3. The minimum absolute atomic E-state index is 0.0752. The highest BCUT2D eigenvalue weighted by atomic mass is 32.1. The van der Waals surface area contributed by atoms with Gasteiger partial charge in [-0.15, -0.1) is 11.3 Å². The molecule has 0 aliphatic carbocycles. The van der Waals surface area contributed by atoms with Crippen molar-refractivity contribution < 1.29 is 4.74 Å². The summed E-state index contributed by atoms with van der Waals surface area (Å²) < 4.78 is 5.73. The summed E-state index contributed by atoms with van der Waals surface area (Å²) in [6.45, 7) is 4.95. The molecule has 1 aliphatic rings. The Bertz CT molecular complexity index is 316. The van der Waals surface area contributed by atoms with Crippen LogP contribution < -0.4 is 5.73 Å². The van der Waals surface area contributed by atoms with Crippen LogP contribution in [0.5, 0.6) is 0 Å². The zero-order chi connectivity index (χ0) is 10.2. The first-order chi connectivity index (χ1) is 6.62. The minimum Gasteiger partial charge on any atom is -0.368 e. The van der Waals surface area contributed by atoms with Gasteiger partial charge in [0.15, 0.2) is 0 Å². The highest BCUT2D eigenvalue weighted by molar-refractivity contribution is 7.11. The summed E-state index contributed by atoms with van der Waals surface area (Å²) >= 11 is 1.68. The van der Waals surface area contributed by atoms with Gasteiger partial charge in [0.2, 0.25) is 0 Å². The lowest BCUT2D eigenvalue weighted by Crippen LogP contribution is -2.19. The lowest BCUT2D eigenvalue weighted by Gasteiger charge is -2.19. The fourth-order valence-corrected chi connectivity index (χ4v) is 2.69. The molecule has 0 spiro atoms. The topological polar surface area (TPSA) is 48.1 Å². The molecule has 4 heteroatoms. The van der Waals surface area contributed by atoms with E-state index in [0.29, 0.717) is 0 Å². The maximum Gasteiger partial charge on any atom is 0.125 e. The van der Waals surface area contributed by atoms with E-state index in [9.17, 15) is 0 Å². The van der Waals surface area contributed by atoms with Gasteiger partial charge in [-0.2, -0.15) is 0 Å². The van der Waals surface area contributed by atoms with Crippen molar-refractivity contribution >= 4 is 11.3 Å². The maximum atomic E-state index is 5.80. The molecular formula is C10H16N2OS.